The average Bonchev–Trinajstić information content (AvgIpc) is 3.01. The molecule has 28 heavy (non-hydrogen) atoms. The van der Waals surface area contributed by atoms with Gasteiger partial charge in [-0.05, 0) is 29.8 Å². The summed E-state index contributed by atoms with van der Waals surface area (Å²) < 4.78 is 6.87. The molecule has 0 aliphatic carbocycles. The fourth-order valence-corrected chi connectivity index (χ4v) is 3.53. The number of para-hydroxylation sites is 1. The summed E-state index contributed by atoms with van der Waals surface area (Å²) in [6, 6.07) is 15.2. The van der Waals surface area contributed by atoms with E-state index in [1.54, 1.807) is 0 Å². The van der Waals surface area contributed by atoms with Gasteiger partial charge in [-0.25, -0.2) is 0 Å². The van der Waals surface area contributed by atoms with Crippen LogP contribution in [0.3, 0.4) is 0 Å². The molecule has 2 aromatic rings. The molecule has 0 spiro atoms. The van der Waals surface area contributed by atoms with Crippen LogP contribution in [0.5, 0.6) is 5.75 Å². The molecule has 3 rings (SSSR count). The van der Waals surface area contributed by atoms with Crippen molar-refractivity contribution in [2.24, 2.45) is 10.2 Å². The maximum atomic E-state index is 11.7. The lowest BCUT2D eigenvalue weighted by atomic mass is 10.2. The Bertz CT molecular complexity index is 931. The molecule has 2 N–H and O–H groups in total. The quantitative estimate of drug-likeness (QED) is 0.485. The summed E-state index contributed by atoms with van der Waals surface area (Å²) in [5.41, 5.74) is 1.77. The highest BCUT2D eigenvalue weighted by atomic mass is 79.9. The van der Waals surface area contributed by atoms with E-state index in [0.29, 0.717) is 12.4 Å². The second kappa shape index (κ2) is 9.52. The SMILES string of the molecule is O=C(O)CC1SC(=NN=Cc2ccccc2OCc2ccc(Br)cc2)NC1=O. The summed E-state index contributed by atoms with van der Waals surface area (Å²) >= 11 is 4.46. The van der Waals surface area contributed by atoms with Gasteiger partial charge in [0.15, 0.2) is 5.17 Å². The Hall–Kier alpha value is -2.65. The number of rotatable bonds is 7. The number of hydrogen-bond acceptors (Lipinski definition) is 6. The summed E-state index contributed by atoms with van der Waals surface area (Å²) in [5.74, 6) is -0.755. The first kappa shape index (κ1) is 20.1. The standard InChI is InChI=1S/C19H16BrN3O4S/c20-14-7-5-12(6-8-14)11-27-15-4-2-1-3-13(15)10-21-23-19-22-18(26)16(28-19)9-17(24)25/h1-8,10,16H,9,11H2,(H,24,25)(H,22,23,26). The number of aliphatic carboxylic acids is 1. The minimum absolute atomic E-state index is 0.258. The Balaban J connectivity index is 1.63. The molecule has 1 amide bonds. The molecule has 7 nitrogen and oxygen atoms in total. The van der Waals surface area contributed by atoms with Crippen molar-refractivity contribution in [3.63, 3.8) is 0 Å². The average molecular weight is 462 g/mol. The van der Waals surface area contributed by atoms with Crippen molar-refractivity contribution in [2.75, 3.05) is 0 Å². The molecule has 0 aromatic heterocycles. The smallest absolute Gasteiger partial charge is 0.305 e. The molecule has 9 heteroatoms. The number of halogens is 1. The number of carboxylic acids is 1. The summed E-state index contributed by atoms with van der Waals surface area (Å²) in [4.78, 5) is 22.4. The zero-order chi connectivity index (χ0) is 19.9. The van der Waals surface area contributed by atoms with E-state index in [4.69, 9.17) is 9.84 Å². The topological polar surface area (TPSA) is 100 Å². The summed E-state index contributed by atoms with van der Waals surface area (Å²) in [5, 5.41) is 18.9. The largest absolute Gasteiger partial charge is 0.488 e. The number of hydrogen-bond donors (Lipinski definition) is 2. The minimum Gasteiger partial charge on any atom is -0.488 e. The first-order chi connectivity index (χ1) is 13.5. The van der Waals surface area contributed by atoms with Crippen molar-refractivity contribution in [3.8, 4) is 5.75 Å². The molecule has 0 saturated carbocycles. The maximum Gasteiger partial charge on any atom is 0.305 e. The molecule has 0 bridgehead atoms. The second-order valence-electron chi connectivity index (χ2n) is 5.80. The molecular weight excluding hydrogens is 446 g/mol. The van der Waals surface area contributed by atoms with Crippen molar-refractivity contribution < 1.29 is 19.4 Å². The van der Waals surface area contributed by atoms with Gasteiger partial charge in [0.05, 0.1) is 12.6 Å². The third kappa shape index (κ3) is 5.67. The van der Waals surface area contributed by atoms with E-state index in [0.717, 1.165) is 27.4 Å². The second-order valence-corrected chi connectivity index (χ2v) is 7.90. The normalized spacial score (nSPS) is 17.8. The Morgan fingerprint density at radius 3 is 2.75 bits per heavy atom. The van der Waals surface area contributed by atoms with Crippen molar-refractivity contribution in [1.82, 2.24) is 5.32 Å². The summed E-state index contributed by atoms with van der Waals surface area (Å²) in [6.07, 6.45) is 1.27. The van der Waals surface area contributed by atoms with Crippen molar-refractivity contribution in [3.05, 3.63) is 64.1 Å². The Labute approximate surface area is 174 Å². The van der Waals surface area contributed by atoms with Crippen LogP contribution in [0.25, 0.3) is 0 Å². The fraction of sp³-hybridized carbons (Fsp3) is 0.158. The number of benzene rings is 2. The molecular formula is C19H16BrN3O4S. The van der Waals surface area contributed by atoms with Crippen molar-refractivity contribution >= 4 is 51.0 Å². The van der Waals surface area contributed by atoms with Crippen LogP contribution in [-0.4, -0.2) is 33.6 Å². The molecule has 0 radical (unpaired) electrons. The molecule has 1 saturated heterocycles. The third-order valence-electron chi connectivity index (χ3n) is 3.71. The van der Waals surface area contributed by atoms with Gasteiger partial charge >= 0.3 is 5.97 Å². The van der Waals surface area contributed by atoms with Gasteiger partial charge in [0, 0.05) is 10.0 Å². The lowest BCUT2D eigenvalue weighted by Crippen LogP contribution is -2.26. The van der Waals surface area contributed by atoms with E-state index >= 15 is 0 Å². The van der Waals surface area contributed by atoms with Crippen LogP contribution in [0, 0.1) is 0 Å². The van der Waals surface area contributed by atoms with Crippen LogP contribution in [0.4, 0.5) is 0 Å². The summed E-state index contributed by atoms with van der Waals surface area (Å²) in [7, 11) is 0. The molecule has 1 unspecified atom stereocenters. The van der Waals surface area contributed by atoms with Crippen molar-refractivity contribution in [1.29, 1.82) is 0 Å². The van der Waals surface area contributed by atoms with E-state index in [-0.39, 0.29) is 17.5 Å². The number of carbonyl (C=O) groups excluding carboxylic acids is 1. The van der Waals surface area contributed by atoms with Crippen LogP contribution in [-0.2, 0) is 16.2 Å². The van der Waals surface area contributed by atoms with E-state index in [1.165, 1.54) is 6.21 Å². The lowest BCUT2D eigenvalue weighted by Gasteiger charge is -2.08. The van der Waals surface area contributed by atoms with Crippen LogP contribution >= 0.6 is 27.7 Å². The number of amides is 1. The zero-order valence-corrected chi connectivity index (χ0v) is 16.9. The molecule has 144 valence electrons. The predicted molar refractivity (Wildman–Crippen MR) is 112 cm³/mol. The Morgan fingerprint density at radius 2 is 2.00 bits per heavy atom. The van der Waals surface area contributed by atoms with Gasteiger partial charge < -0.3 is 15.2 Å². The number of ether oxygens (including phenoxy) is 1. The lowest BCUT2D eigenvalue weighted by molar-refractivity contribution is -0.138. The molecule has 1 heterocycles. The number of nitrogens with one attached hydrogen (secondary N) is 1. The van der Waals surface area contributed by atoms with Gasteiger partial charge in [-0.1, -0.05) is 52.0 Å². The van der Waals surface area contributed by atoms with Gasteiger partial charge in [0.1, 0.15) is 17.6 Å². The molecule has 1 aliphatic rings. The highest BCUT2D eigenvalue weighted by molar-refractivity contribution is 9.10. The van der Waals surface area contributed by atoms with Crippen molar-refractivity contribution in [2.45, 2.75) is 18.3 Å². The minimum atomic E-state index is -1.03. The van der Waals surface area contributed by atoms with Crippen LogP contribution in [0.2, 0.25) is 0 Å². The number of carboxylic acid groups (broad SMARTS) is 1. The van der Waals surface area contributed by atoms with Gasteiger partial charge in [-0.3, -0.25) is 9.59 Å². The number of thioether (sulfide) groups is 1. The zero-order valence-electron chi connectivity index (χ0n) is 14.5. The van der Waals surface area contributed by atoms with Gasteiger partial charge in [0.2, 0.25) is 5.91 Å². The highest BCUT2D eigenvalue weighted by Gasteiger charge is 2.32. The number of carbonyl (C=O) groups is 2. The highest BCUT2D eigenvalue weighted by Crippen LogP contribution is 2.23. The maximum absolute atomic E-state index is 11.7. The van der Waals surface area contributed by atoms with E-state index in [2.05, 4.69) is 31.4 Å². The molecule has 1 aliphatic heterocycles. The van der Waals surface area contributed by atoms with Gasteiger partial charge in [-0.2, -0.15) is 5.10 Å². The molecule has 2 aromatic carbocycles. The molecule has 1 fully saturated rings. The first-order valence-electron chi connectivity index (χ1n) is 8.28. The van der Waals surface area contributed by atoms with Gasteiger partial charge in [-0.15, -0.1) is 5.10 Å². The monoisotopic (exact) mass is 461 g/mol. The fourth-order valence-electron chi connectivity index (χ4n) is 2.35. The van der Waals surface area contributed by atoms with E-state index < -0.39 is 11.2 Å². The third-order valence-corrected chi connectivity index (χ3v) is 5.31. The van der Waals surface area contributed by atoms with Crippen LogP contribution in [0.15, 0.2) is 63.2 Å². The Kier molecular flexibility index (Phi) is 6.83. The first-order valence-corrected chi connectivity index (χ1v) is 9.95. The van der Waals surface area contributed by atoms with Gasteiger partial charge in [0.25, 0.3) is 0 Å². The summed E-state index contributed by atoms with van der Waals surface area (Å²) in [6.45, 7) is 0.412. The van der Waals surface area contributed by atoms with Crippen LogP contribution < -0.4 is 10.1 Å². The molecule has 1 atom stereocenters. The number of nitrogens with zero attached hydrogens (tertiary/aromatic N) is 2. The Morgan fingerprint density at radius 1 is 1.25 bits per heavy atom. The van der Waals surface area contributed by atoms with Crippen LogP contribution in [0.1, 0.15) is 17.5 Å². The van der Waals surface area contributed by atoms with E-state index in [1.807, 2.05) is 48.5 Å². The number of amidine groups is 1. The predicted octanol–water partition coefficient (Wildman–Crippen LogP) is 3.42. The van der Waals surface area contributed by atoms with E-state index in [9.17, 15) is 9.59 Å².